The molecule has 1 heterocycles. The minimum absolute atomic E-state index is 0.329. The van der Waals surface area contributed by atoms with Crippen molar-refractivity contribution >= 4 is 11.0 Å². The van der Waals surface area contributed by atoms with E-state index in [0.29, 0.717) is 6.04 Å². The Kier molecular flexibility index (Phi) is 4.26. The molecular weight excluding hydrogens is 246 g/mol. The Morgan fingerprint density at radius 2 is 1.90 bits per heavy atom. The lowest BCUT2D eigenvalue weighted by atomic mass is 9.84. The molecule has 1 N–H and O–H groups in total. The van der Waals surface area contributed by atoms with E-state index < -0.39 is 0 Å². The lowest BCUT2D eigenvalue weighted by Crippen LogP contribution is -2.22. The Hall–Kier alpha value is -1.48. The molecule has 3 rings (SSSR count). The molecule has 1 fully saturated rings. The van der Waals surface area contributed by atoms with Gasteiger partial charge in [-0.1, -0.05) is 44.2 Å². The molecule has 0 aliphatic heterocycles. The second-order valence-electron chi connectivity index (χ2n) is 5.86. The number of hydrogen-bond acceptors (Lipinski definition) is 3. The van der Waals surface area contributed by atoms with Crippen molar-refractivity contribution in [3.05, 3.63) is 36.2 Å². The number of benzene rings is 1. The van der Waals surface area contributed by atoms with Gasteiger partial charge in [0, 0.05) is 0 Å². The van der Waals surface area contributed by atoms with E-state index >= 15 is 0 Å². The molecule has 3 nitrogen and oxygen atoms in total. The van der Waals surface area contributed by atoms with Gasteiger partial charge in [0.25, 0.3) is 0 Å². The van der Waals surface area contributed by atoms with Crippen LogP contribution in [0.1, 0.15) is 50.3 Å². The van der Waals surface area contributed by atoms with Crippen molar-refractivity contribution in [2.24, 2.45) is 5.92 Å². The summed E-state index contributed by atoms with van der Waals surface area (Å²) in [5.74, 6) is 0.842. The molecule has 20 heavy (non-hydrogen) atoms. The van der Waals surface area contributed by atoms with Crippen LogP contribution in [0.3, 0.4) is 0 Å². The Morgan fingerprint density at radius 1 is 1.15 bits per heavy atom. The van der Waals surface area contributed by atoms with E-state index in [0.717, 1.165) is 22.6 Å². The van der Waals surface area contributed by atoms with E-state index in [1.54, 1.807) is 0 Å². The highest BCUT2D eigenvalue weighted by Crippen LogP contribution is 2.31. The average Bonchev–Trinajstić information content (AvgIpc) is 2.53. The lowest BCUT2D eigenvalue weighted by molar-refractivity contribution is 0.303. The molecule has 1 aliphatic carbocycles. The van der Waals surface area contributed by atoms with Crippen molar-refractivity contribution in [2.75, 3.05) is 7.05 Å². The summed E-state index contributed by atoms with van der Waals surface area (Å²) in [4.78, 5) is 9.33. The fraction of sp³-hybridized carbons (Fsp3) is 0.529. The van der Waals surface area contributed by atoms with Crippen LogP contribution in [0.15, 0.2) is 30.5 Å². The maximum absolute atomic E-state index is 4.79. The van der Waals surface area contributed by atoms with Gasteiger partial charge in [0.2, 0.25) is 0 Å². The summed E-state index contributed by atoms with van der Waals surface area (Å²) < 4.78 is 0. The third kappa shape index (κ3) is 2.98. The monoisotopic (exact) mass is 269 g/mol. The van der Waals surface area contributed by atoms with Gasteiger partial charge in [0.1, 0.15) is 0 Å². The topological polar surface area (TPSA) is 37.8 Å². The van der Waals surface area contributed by atoms with Gasteiger partial charge in [0.15, 0.2) is 0 Å². The molecular formula is C17H23N3. The van der Waals surface area contributed by atoms with Gasteiger partial charge in [0.05, 0.1) is 29.0 Å². The minimum Gasteiger partial charge on any atom is -0.312 e. The summed E-state index contributed by atoms with van der Waals surface area (Å²) in [6, 6.07) is 8.42. The Bertz CT molecular complexity index is 561. The Labute approximate surface area is 120 Å². The molecule has 0 saturated heterocycles. The number of nitrogens with one attached hydrogen (secondary N) is 1. The molecule has 0 bridgehead atoms. The van der Waals surface area contributed by atoms with Crippen LogP contribution in [-0.4, -0.2) is 17.0 Å². The van der Waals surface area contributed by atoms with Crippen LogP contribution >= 0.6 is 0 Å². The maximum atomic E-state index is 4.79. The Morgan fingerprint density at radius 3 is 2.65 bits per heavy atom. The summed E-state index contributed by atoms with van der Waals surface area (Å²) in [6.45, 7) is 0. The third-order valence-corrected chi connectivity index (χ3v) is 4.47. The molecule has 2 aromatic rings. The summed E-state index contributed by atoms with van der Waals surface area (Å²) in [5, 5.41) is 3.43. The van der Waals surface area contributed by atoms with Crippen molar-refractivity contribution in [1.29, 1.82) is 0 Å². The molecule has 0 radical (unpaired) electrons. The smallest absolute Gasteiger partial charge is 0.0890 e. The molecule has 1 unspecified atom stereocenters. The minimum atomic E-state index is 0.329. The van der Waals surface area contributed by atoms with E-state index in [-0.39, 0.29) is 0 Å². The predicted molar refractivity (Wildman–Crippen MR) is 82.5 cm³/mol. The van der Waals surface area contributed by atoms with Gasteiger partial charge < -0.3 is 5.32 Å². The average molecular weight is 269 g/mol. The molecule has 0 amide bonds. The number of hydrogen-bond donors (Lipinski definition) is 1. The molecule has 1 atom stereocenters. The molecule has 1 aromatic heterocycles. The second kappa shape index (κ2) is 6.31. The summed E-state index contributed by atoms with van der Waals surface area (Å²) in [5.41, 5.74) is 3.05. The lowest BCUT2D eigenvalue weighted by Gasteiger charge is -2.26. The van der Waals surface area contributed by atoms with Gasteiger partial charge in [-0.05, 0) is 31.5 Å². The molecule has 0 spiro atoms. The van der Waals surface area contributed by atoms with Gasteiger partial charge in [-0.2, -0.15) is 0 Å². The number of rotatable bonds is 4. The first kappa shape index (κ1) is 13.5. The second-order valence-corrected chi connectivity index (χ2v) is 5.86. The van der Waals surface area contributed by atoms with Gasteiger partial charge in [-0.25, -0.2) is 4.98 Å². The van der Waals surface area contributed by atoms with E-state index in [1.807, 2.05) is 37.5 Å². The van der Waals surface area contributed by atoms with Crippen molar-refractivity contribution in [2.45, 2.75) is 44.6 Å². The number of aromatic nitrogens is 2. The van der Waals surface area contributed by atoms with Crippen molar-refractivity contribution in [1.82, 2.24) is 15.3 Å². The highest BCUT2D eigenvalue weighted by atomic mass is 14.9. The molecule has 1 aliphatic rings. The predicted octanol–water partition coefficient (Wildman–Crippen LogP) is 3.86. The van der Waals surface area contributed by atoms with E-state index in [2.05, 4.69) is 10.3 Å². The molecule has 106 valence electrons. The normalized spacial score (nSPS) is 18.2. The number of para-hydroxylation sites is 2. The summed E-state index contributed by atoms with van der Waals surface area (Å²) in [7, 11) is 2.03. The van der Waals surface area contributed by atoms with Crippen molar-refractivity contribution < 1.29 is 0 Å². The number of nitrogens with zero attached hydrogens (tertiary/aromatic N) is 2. The largest absolute Gasteiger partial charge is 0.312 e. The maximum Gasteiger partial charge on any atom is 0.0890 e. The van der Waals surface area contributed by atoms with Crippen molar-refractivity contribution in [3.8, 4) is 0 Å². The zero-order chi connectivity index (χ0) is 13.8. The number of fused-ring (bicyclic) bond motifs is 1. The van der Waals surface area contributed by atoms with E-state index in [9.17, 15) is 0 Å². The van der Waals surface area contributed by atoms with Crippen LogP contribution in [0.4, 0.5) is 0 Å². The fourth-order valence-corrected chi connectivity index (χ4v) is 3.28. The molecule has 3 heteroatoms. The van der Waals surface area contributed by atoms with Crippen LogP contribution < -0.4 is 5.32 Å². The first-order valence-electron chi connectivity index (χ1n) is 7.76. The first-order valence-corrected chi connectivity index (χ1v) is 7.76. The molecule has 1 saturated carbocycles. The zero-order valence-corrected chi connectivity index (χ0v) is 12.2. The van der Waals surface area contributed by atoms with Crippen LogP contribution in [0.25, 0.3) is 11.0 Å². The Balaban J connectivity index is 1.79. The van der Waals surface area contributed by atoms with Crippen LogP contribution in [-0.2, 0) is 0 Å². The molecule has 1 aromatic carbocycles. The quantitative estimate of drug-likeness (QED) is 0.915. The highest BCUT2D eigenvalue weighted by molar-refractivity contribution is 5.73. The van der Waals surface area contributed by atoms with E-state index in [4.69, 9.17) is 4.98 Å². The van der Waals surface area contributed by atoms with Crippen LogP contribution in [0.5, 0.6) is 0 Å². The van der Waals surface area contributed by atoms with Crippen molar-refractivity contribution in [3.63, 3.8) is 0 Å². The SMILES string of the molecule is CNC(CC1CCCCC1)c1cnc2ccccc2n1. The van der Waals surface area contributed by atoms with Crippen LogP contribution in [0.2, 0.25) is 0 Å². The first-order chi connectivity index (χ1) is 9.86. The van der Waals surface area contributed by atoms with Crippen LogP contribution in [0, 0.1) is 5.92 Å². The standard InChI is InChI=1S/C17H23N3/c1-18-16(11-13-7-3-2-4-8-13)17-12-19-14-9-5-6-10-15(14)20-17/h5-6,9-10,12-13,16,18H,2-4,7-8,11H2,1H3. The fourth-order valence-electron chi connectivity index (χ4n) is 3.28. The summed E-state index contributed by atoms with van der Waals surface area (Å²) >= 11 is 0. The zero-order valence-electron chi connectivity index (χ0n) is 12.2. The van der Waals surface area contributed by atoms with Gasteiger partial charge in [-0.3, -0.25) is 4.98 Å². The van der Waals surface area contributed by atoms with Gasteiger partial charge in [-0.15, -0.1) is 0 Å². The van der Waals surface area contributed by atoms with Gasteiger partial charge >= 0.3 is 0 Å². The third-order valence-electron chi connectivity index (χ3n) is 4.47. The summed E-state index contributed by atoms with van der Waals surface area (Å²) in [6.07, 6.45) is 10.1. The highest BCUT2D eigenvalue weighted by Gasteiger charge is 2.20. The van der Waals surface area contributed by atoms with E-state index in [1.165, 1.54) is 38.5 Å².